The van der Waals surface area contributed by atoms with Crippen molar-refractivity contribution in [3.8, 4) is 16.3 Å². The number of hydrogen-bond donors (Lipinski definition) is 1. The number of piperidine rings is 1. The van der Waals surface area contributed by atoms with Gasteiger partial charge < -0.3 is 14.6 Å². The van der Waals surface area contributed by atoms with Crippen LogP contribution in [0.15, 0.2) is 48.0 Å². The zero-order valence-corrected chi connectivity index (χ0v) is 20.9. The van der Waals surface area contributed by atoms with E-state index >= 15 is 0 Å². The summed E-state index contributed by atoms with van der Waals surface area (Å²) in [6.07, 6.45) is 3.97. The van der Waals surface area contributed by atoms with Crippen molar-refractivity contribution in [2.24, 2.45) is 7.05 Å². The number of aryl methyl sites for hydroxylation is 2. The highest BCUT2D eigenvalue weighted by atomic mass is 32.1. The van der Waals surface area contributed by atoms with Crippen LogP contribution in [0.4, 0.5) is 0 Å². The van der Waals surface area contributed by atoms with E-state index in [2.05, 4.69) is 28.4 Å². The molecule has 178 valence electrons. The van der Waals surface area contributed by atoms with E-state index in [1.165, 1.54) is 10.9 Å². The average Bonchev–Trinajstić information content (AvgIpc) is 3.63. The monoisotopic (exact) mass is 485 g/mol. The van der Waals surface area contributed by atoms with Crippen molar-refractivity contribution in [1.82, 2.24) is 24.6 Å². The molecule has 1 aliphatic rings. The van der Waals surface area contributed by atoms with Gasteiger partial charge in [-0.25, -0.2) is 4.98 Å². The van der Waals surface area contributed by atoms with Crippen LogP contribution in [0.5, 0.6) is 5.75 Å². The number of methoxy groups -OCH3 is 1. The number of nitrogens with one attached hydrogen (secondary N) is 1. The SMILES string of the molecule is COc1ccc2[nH]cc(C3CCN(C(=O)c4cc(-c5cccs5)nc5c4c(C)nn5C)CC3)c2c1. The fourth-order valence-corrected chi connectivity index (χ4v) is 6.00. The van der Waals surface area contributed by atoms with Crippen molar-refractivity contribution >= 4 is 39.2 Å². The molecule has 1 saturated heterocycles. The number of benzene rings is 1. The van der Waals surface area contributed by atoms with Gasteiger partial charge >= 0.3 is 0 Å². The van der Waals surface area contributed by atoms with Crippen LogP contribution < -0.4 is 4.74 Å². The Morgan fingerprint density at radius 3 is 2.77 bits per heavy atom. The Morgan fingerprint density at radius 2 is 2.03 bits per heavy atom. The Balaban J connectivity index is 1.29. The van der Waals surface area contributed by atoms with Crippen molar-refractivity contribution in [2.45, 2.75) is 25.7 Å². The Labute approximate surface area is 207 Å². The number of H-pyrrole nitrogens is 1. The molecule has 0 radical (unpaired) electrons. The molecule has 1 aliphatic heterocycles. The van der Waals surface area contributed by atoms with E-state index < -0.39 is 0 Å². The number of fused-ring (bicyclic) bond motifs is 2. The number of aromatic amines is 1. The molecule has 1 N–H and O–H groups in total. The van der Waals surface area contributed by atoms with Gasteiger partial charge in [0.15, 0.2) is 5.65 Å². The predicted octanol–water partition coefficient (Wildman–Crippen LogP) is 5.51. The van der Waals surface area contributed by atoms with Gasteiger partial charge in [-0.15, -0.1) is 11.3 Å². The van der Waals surface area contributed by atoms with Crippen LogP contribution in [0.3, 0.4) is 0 Å². The topological polar surface area (TPSA) is 76.0 Å². The number of carbonyl (C=O) groups excluding carboxylic acids is 1. The second-order valence-electron chi connectivity index (χ2n) is 9.16. The second kappa shape index (κ2) is 8.53. The molecule has 0 bridgehead atoms. The number of carbonyl (C=O) groups is 1. The molecule has 0 atom stereocenters. The molecule has 35 heavy (non-hydrogen) atoms. The molecule has 8 heteroatoms. The van der Waals surface area contributed by atoms with Crippen LogP contribution in [-0.4, -0.2) is 50.8 Å². The Bertz CT molecular complexity index is 1540. The standard InChI is InChI=1S/C27H27N5O2S/c1-16-25-20(14-23(24-5-4-12-35-24)29-26(25)31(2)30-16)27(33)32-10-8-17(9-11-32)21-15-28-22-7-6-18(34-3)13-19(21)22/h4-7,12-15,17,28H,8-11H2,1-3H3. The number of aromatic nitrogens is 4. The largest absolute Gasteiger partial charge is 0.497 e. The highest BCUT2D eigenvalue weighted by Crippen LogP contribution is 2.36. The molecule has 0 spiro atoms. The zero-order chi connectivity index (χ0) is 24.1. The number of likely N-dealkylation sites (tertiary alicyclic amines) is 1. The highest BCUT2D eigenvalue weighted by molar-refractivity contribution is 7.13. The summed E-state index contributed by atoms with van der Waals surface area (Å²) in [5.41, 5.74) is 5.52. The van der Waals surface area contributed by atoms with Crippen molar-refractivity contribution < 1.29 is 9.53 Å². The van der Waals surface area contributed by atoms with Crippen LogP contribution in [0.25, 0.3) is 32.5 Å². The normalized spacial score (nSPS) is 14.8. The van der Waals surface area contributed by atoms with Gasteiger partial charge in [0.25, 0.3) is 5.91 Å². The highest BCUT2D eigenvalue weighted by Gasteiger charge is 2.29. The molecular formula is C27H27N5O2S. The van der Waals surface area contributed by atoms with Crippen molar-refractivity contribution in [3.05, 3.63) is 64.8 Å². The first-order valence-electron chi connectivity index (χ1n) is 11.9. The van der Waals surface area contributed by atoms with Crippen molar-refractivity contribution in [2.75, 3.05) is 20.2 Å². The van der Waals surface area contributed by atoms with Crippen LogP contribution in [-0.2, 0) is 7.05 Å². The lowest BCUT2D eigenvalue weighted by Gasteiger charge is -2.32. The van der Waals surface area contributed by atoms with Crippen molar-refractivity contribution in [3.63, 3.8) is 0 Å². The maximum atomic E-state index is 13.8. The van der Waals surface area contributed by atoms with Gasteiger partial charge in [0.1, 0.15) is 5.75 Å². The summed E-state index contributed by atoms with van der Waals surface area (Å²) in [4.78, 5) is 25.1. The molecule has 0 unspecified atom stereocenters. The van der Waals surface area contributed by atoms with E-state index in [1.54, 1.807) is 23.1 Å². The minimum atomic E-state index is 0.0605. The first-order valence-corrected chi connectivity index (χ1v) is 12.7. The average molecular weight is 486 g/mol. The van der Waals surface area contributed by atoms with Crippen LogP contribution in [0.1, 0.15) is 40.4 Å². The third-order valence-corrected chi connectivity index (χ3v) is 8.01. The molecule has 1 amide bonds. The maximum Gasteiger partial charge on any atom is 0.254 e. The third-order valence-electron chi connectivity index (χ3n) is 7.12. The predicted molar refractivity (Wildman–Crippen MR) is 139 cm³/mol. The fraction of sp³-hybridized carbons (Fsp3) is 0.296. The van der Waals surface area contributed by atoms with Gasteiger partial charge in [0.2, 0.25) is 0 Å². The molecule has 1 aromatic carbocycles. The van der Waals surface area contributed by atoms with E-state index in [4.69, 9.17) is 9.72 Å². The van der Waals surface area contributed by atoms with Gasteiger partial charge in [-0.1, -0.05) is 6.07 Å². The Kier molecular flexibility index (Phi) is 5.33. The molecule has 0 saturated carbocycles. The molecule has 5 aromatic rings. The maximum absolute atomic E-state index is 13.8. The van der Waals surface area contributed by atoms with Crippen LogP contribution >= 0.6 is 11.3 Å². The van der Waals surface area contributed by atoms with E-state index in [9.17, 15) is 4.79 Å². The zero-order valence-electron chi connectivity index (χ0n) is 20.0. The quantitative estimate of drug-likeness (QED) is 0.364. The van der Waals surface area contributed by atoms with Crippen LogP contribution in [0, 0.1) is 6.92 Å². The van der Waals surface area contributed by atoms with E-state index in [0.29, 0.717) is 11.5 Å². The number of amides is 1. The van der Waals surface area contributed by atoms with E-state index in [1.807, 2.05) is 48.5 Å². The smallest absolute Gasteiger partial charge is 0.254 e. The summed E-state index contributed by atoms with van der Waals surface area (Å²) in [7, 11) is 3.58. The first-order chi connectivity index (χ1) is 17.0. The molecule has 0 aliphatic carbocycles. The Hall–Kier alpha value is -3.65. The summed E-state index contributed by atoms with van der Waals surface area (Å²) in [6.45, 7) is 3.39. The van der Waals surface area contributed by atoms with Gasteiger partial charge in [-0.3, -0.25) is 9.48 Å². The number of ether oxygens (including phenoxy) is 1. The number of hydrogen-bond acceptors (Lipinski definition) is 5. The summed E-state index contributed by atoms with van der Waals surface area (Å²) in [5, 5.41) is 8.65. The number of thiophene rings is 1. The van der Waals surface area contributed by atoms with Crippen LogP contribution in [0.2, 0.25) is 0 Å². The first kappa shape index (κ1) is 21.9. The molecular weight excluding hydrogens is 458 g/mol. The summed E-state index contributed by atoms with van der Waals surface area (Å²) in [5.74, 6) is 1.32. The van der Waals surface area contributed by atoms with E-state index in [-0.39, 0.29) is 5.91 Å². The Morgan fingerprint density at radius 1 is 1.20 bits per heavy atom. The van der Waals surface area contributed by atoms with Gasteiger partial charge in [-0.05, 0) is 67.0 Å². The minimum absolute atomic E-state index is 0.0605. The number of pyridine rings is 1. The van der Waals surface area contributed by atoms with Gasteiger partial charge in [-0.2, -0.15) is 5.10 Å². The molecule has 4 aromatic heterocycles. The molecule has 5 heterocycles. The van der Waals surface area contributed by atoms with E-state index in [0.717, 1.165) is 64.5 Å². The number of nitrogens with zero attached hydrogens (tertiary/aromatic N) is 4. The lowest BCUT2D eigenvalue weighted by Crippen LogP contribution is -2.38. The molecule has 6 rings (SSSR count). The fourth-order valence-electron chi connectivity index (χ4n) is 5.31. The van der Waals surface area contributed by atoms with Crippen molar-refractivity contribution in [1.29, 1.82) is 0 Å². The number of rotatable bonds is 4. The molecule has 7 nitrogen and oxygen atoms in total. The lowest BCUT2D eigenvalue weighted by molar-refractivity contribution is 0.0715. The third kappa shape index (κ3) is 3.69. The summed E-state index contributed by atoms with van der Waals surface area (Å²) < 4.78 is 7.21. The van der Waals surface area contributed by atoms with Gasteiger partial charge in [0, 0.05) is 37.2 Å². The summed E-state index contributed by atoms with van der Waals surface area (Å²) in [6, 6.07) is 12.1. The minimum Gasteiger partial charge on any atom is -0.497 e. The molecule has 1 fully saturated rings. The summed E-state index contributed by atoms with van der Waals surface area (Å²) >= 11 is 1.63. The second-order valence-corrected chi connectivity index (χ2v) is 10.1. The lowest BCUT2D eigenvalue weighted by atomic mass is 9.89. The van der Waals surface area contributed by atoms with Gasteiger partial charge in [0.05, 0.1) is 34.3 Å².